The molecule has 3 aromatic rings. The Morgan fingerprint density at radius 1 is 1.14 bits per heavy atom. The Labute approximate surface area is 165 Å². The second-order valence-corrected chi connectivity index (χ2v) is 6.61. The van der Waals surface area contributed by atoms with Crippen molar-refractivity contribution in [2.24, 2.45) is 0 Å². The molecule has 0 spiro atoms. The number of hydrogen-bond donors (Lipinski definition) is 3. The van der Waals surface area contributed by atoms with Crippen LogP contribution in [0.4, 0.5) is 0 Å². The quantitative estimate of drug-likeness (QED) is 0.581. The molecule has 1 aromatic heterocycles. The van der Waals surface area contributed by atoms with Crippen LogP contribution < -0.4 is 20.2 Å². The summed E-state index contributed by atoms with van der Waals surface area (Å²) >= 11 is 0. The SMILES string of the molecule is O=C(C[C@H](c1cc2c(cc1O)OCO2)c1coc2ccccc2c1=O)NCCO. The van der Waals surface area contributed by atoms with Crippen molar-refractivity contribution in [1.82, 2.24) is 5.32 Å². The van der Waals surface area contributed by atoms with Gasteiger partial charge in [0.05, 0.1) is 18.3 Å². The fraction of sp³-hybridized carbons (Fsp3) is 0.238. The number of aromatic hydroxyl groups is 1. The molecule has 2 heterocycles. The normalized spacial score (nSPS) is 13.4. The Bertz CT molecular complexity index is 1120. The molecule has 4 rings (SSSR count). The Hall–Kier alpha value is -3.52. The van der Waals surface area contributed by atoms with E-state index in [1.54, 1.807) is 30.3 Å². The van der Waals surface area contributed by atoms with E-state index in [0.717, 1.165) is 0 Å². The molecular weight excluding hydrogens is 378 g/mol. The van der Waals surface area contributed by atoms with Gasteiger partial charge in [0, 0.05) is 36.1 Å². The summed E-state index contributed by atoms with van der Waals surface area (Å²) in [4.78, 5) is 25.5. The van der Waals surface area contributed by atoms with E-state index in [1.165, 1.54) is 12.3 Å². The topological polar surface area (TPSA) is 118 Å². The molecule has 1 atom stereocenters. The molecule has 0 unspecified atom stereocenters. The highest BCUT2D eigenvalue weighted by Gasteiger charge is 2.28. The number of nitrogens with one attached hydrogen (secondary N) is 1. The van der Waals surface area contributed by atoms with E-state index in [4.69, 9.17) is 19.0 Å². The van der Waals surface area contributed by atoms with E-state index < -0.39 is 5.92 Å². The van der Waals surface area contributed by atoms with Crippen LogP contribution >= 0.6 is 0 Å². The minimum atomic E-state index is -0.788. The number of amides is 1. The van der Waals surface area contributed by atoms with Crippen LogP contribution in [-0.2, 0) is 4.79 Å². The van der Waals surface area contributed by atoms with Gasteiger partial charge >= 0.3 is 0 Å². The van der Waals surface area contributed by atoms with E-state index in [2.05, 4.69) is 5.32 Å². The van der Waals surface area contributed by atoms with Gasteiger partial charge < -0.3 is 29.4 Å². The summed E-state index contributed by atoms with van der Waals surface area (Å²) in [6.45, 7) is -0.0905. The van der Waals surface area contributed by atoms with Crippen molar-refractivity contribution in [3.8, 4) is 17.2 Å². The van der Waals surface area contributed by atoms with Crippen molar-refractivity contribution in [1.29, 1.82) is 0 Å². The van der Waals surface area contributed by atoms with Crippen molar-refractivity contribution in [2.75, 3.05) is 19.9 Å². The Morgan fingerprint density at radius 2 is 1.90 bits per heavy atom. The standard InChI is InChI=1S/C21H19NO7/c23-6-5-22-20(25)8-13(14-7-18-19(9-16(14)24)29-11-28-18)15-10-27-17-4-2-1-3-12(17)21(15)26/h1-4,7,9-10,13,23-24H,5-6,8,11H2,(H,22,25)/t13-/m1/s1. The third-order valence-corrected chi connectivity index (χ3v) is 4.80. The lowest BCUT2D eigenvalue weighted by Gasteiger charge is -2.19. The molecule has 1 amide bonds. The molecule has 8 heteroatoms. The monoisotopic (exact) mass is 397 g/mol. The number of rotatable bonds is 6. The maximum absolute atomic E-state index is 13.1. The van der Waals surface area contributed by atoms with Crippen LogP contribution in [0.25, 0.3) is 11.0 Å². The molecular formula is C21H19NO7. The number of fused-ring (bicyclic) bond motifs is 2. The number of carbonyl (C=O) groups excluding carboxylic acids is 1. The van der Waals surface area contributed by atoms with Crippen LogP contribution in [0.5, 0.6) is 17.2 Å². The molecule has 1 aliphatic rings. The number of benzene rings is 2. The third kappa shape index (κ3) is 3.62. The van der Waals surface area contributed by atoms with Crippen LogP contribution in [0.15, 0.2) is 51.9 Å². The lowest BCUT2D eigenvalue weighted by atomic mass is 9.87. The van der Waals surface area contributed by atoms with E-state index in [9.17, 15) is 14.7 Å². The molecule has 2 aromatic carbocycles. The number of aliphatic hydroxyl groups is 1. The summed E-state index contributed by atoms with van der Waals surface area (Å²) in [5, 5.41) is 22.5. The molecule has 0 saturated heterocycles. The molecule has 150 valence electrons. The summed E-state index contributed by atoms with van der Waals surface area (Å²) in [6.07, 6.45) is 1.19. The first-order chi connectivity index (χ1) is 14.1. The van der Waals surface area contributed by atoms with Crippen molar-refractivity contribution in [2.45, 2.75) is 12.3 Å². The average Bonchev–Trinajstić information content (AvgIpc) is 3.18. The molecule has 0 saturated carbocycles. The summed E-state index contributed by atoms with van der Waals surface area (Å²) in [7, 11) is 0. The molecule has 0 fully saturated rings. The second kappa shape index (κ2) is 7.84. The Kier molecular flexibility index (Phi) is 5.09. The van der Waals surface area contributed by atoms with Gasteiger partial charge in [-0.2, -0.15) is 0 Å². The number of para-hydroxylation sites is 1. The predicted molar refractivity (Wildman–Crippen MR) is 103 cm³/mol. The third-order valence-electron chi connectivity index (χ3n) is 4.80. The van der Waals surface area contributed by atoms with Gasteiger partial charge in [-0.25, -0.2) is 0 Å². The molecule has 0 aliphatic carbocycles. The molecule has 8 nitrogen and oxygen atoms in total. The highest BCUT2D eigenvalue weighted by Crippen LogP contribution is 2.42. The first-order valence-corrected chi connectivity index (χ1v) is 9.09. The van der Waals surface area contributed by atoms with Gasteiger partial charge in [-0.15, -0.1) is 0 Å². The number of aliphatic hydroxyl groups excluding tert-OH is 1. The zero-order valence-corrected chi connectivity index (χ0v) is 15.4. The van der Waals surface area contributed by atoms with Crippen LogP contribution in [0.1, 0.15) is 23.5 Å². The van der Waals surface area contributed by atoms with E-state index in [-0.39, 0.29) is 49.0 Å². The fourth-order valence-electron chi connectivity index (χ4n) is 3.40. The van der Waals surface area contributed by atoms with Gasteiger partial charge in [0.1, 0.15) is 11.3 Å². The largest absolute Gasteiger partial charge is 0.508 e. The van der Waals surface area contributed by atoms with Crippen LogP contribution in [0.2, 0.25) is 0 Å². The molecule has 1 aliphatic heterocycles. The lowest BCUT2D eigenvalue weighted by molar-refractivity contribution is -0.121. The van der Waals surface area contributed by atoms with Gasteiger partial charge in [-0.3, -0.25) is 9.59 Å². The zero-order valence-electron chi connectivity index (χ0n) is 15.4. The maximum Gasteiger partial charge on any atom is 0.231 e. The predicted octanol–water partition coefficient (Wildman–Crippen LogP) is 1.86. The van der Waals surface area contributed by atoms with Crippen molar-refractivity contribution in [3.05, 3.63) is 64.0 Å². The number of carbonyl (C=O) groups is 1. The number of hydrogen-bond acceptors (Lipinski definition) is 7. The highest BCUT2D eigenvalue weighted by atomic mass is 16.7. The van der Waals surface area contributed by atoms with Gasteiger partial charge in [-0.05, 0) is 18.2 Å². The summed E-state index contributed by atoms with van der Waals surface area (Å²) in [5.41, 5.74) is 0.719. The summed E-state index contributed by atoms with van der Waals surface area (Å²) in [5.74, 6) is -0.483. The van der Waals surface area contributed by atoms with Crippen LogP contribution in [0.3, 0.4) is 0 Å². The average molecular weight is 397 g/mol. The number of phenols is 1. The zero-order chi connectivity index (χ0) is 20.4. The molecule has 3 N–H and O–H groups in total. The summed E-state index contributed by atoms with van der Waals surface area (Å²) in [6, 6.07) is 9.78. The fourth-order valence-corrected chi connectivity index (χ4v) is 3.40. The molecule has 0 bridgehead atoms. The maximum atomic E-state index is 13.1. The van der Waals surface area contributed by atoms with E-state index in [1.807, 2.05) is 0 Å². The van der Waals surface area contributed by atoms with E-state index in [0.29, 0.717) is 28.0 Å². The van der Waals surface area contributed by atoms with Gasteiger partial charge in [-0.1, -0.05) is 12.1 Å². The first kappa shape index (κ1) is 18.8. The van der Waals surface area contributed by atoms with Crippen molar-refractivity contribution < 1.29 is 28.9 Å². The first-order valence-electron chi connectivity index (χ1n) is 9.09. The van der Waals surface area contributed by atoms with E-state index >= 15 is 0 Å². The number of phenolic OH excluding ortho intramolecular Hbond substituents is 1. The van der Waals surface area contributed by atoms with Crippen LogP contribution in [0, 0.1) is 0 Å². The smallest absolute Gasteiger partial charge is 0.231 e. The number of ether oxygens (including phenoxy) is 2. The lowest BCUT2D eigenvalue weighted by Crippen LogP contribution is -2.29. The minimum Gasteiger partial charge on any atom is -0.508 e. The van der Waals surface area contributed by atoms with Gasteiger partial charge in [0.2, 0.25) is 12.7 Å². The molecule has 0 radical (unpaired) electrons. The minimum absolute atomic E-state index is 0.0258. The highest BCUT2D eigenvalue weighted by molar-refractivity contribution is 5.80. The second-order valence-electron chi connectivity index (χ2n) is 6.61. The van der Waals surface area contributed by atoms with Crippen LogP contribution in [-0.4, -0.2) is 36.1 Å². The Balaban J connectivity index is 1.83. The van der Waals surface area contributed by atoms with Crippen molar-refractivity contribution in [3.63, 3.8) is 0 Å². The van der Waals surface area contributed by atoms with Crippen molar-refractivity contribution >= 4 is 16.9 Å². The van der Waals surface area contributed by atoms with Gasteiger partial charge in [0.15, 0.2) is 16.9 Å². The van der Waals surface area contributed by atoms with Gasteiger partial charge in [0.25, 0.3) is 0 Å². The molecule has 29 heavy (non-hydrogen) atoms. The Morgan fingerprint density at radius 3 is 2.69 bits per heavy atom. The summed E-state index contributed by atoms with van der Waals surface area (Å²) < 4.78 is 16.3.